The first-order valence-corrected chi connectivity index (χ1v) is 7.10. The van der Waals surface area contributed by atoms with Gasteiger partial charge in [0, 0.05) is 0 Å². The SMILES string of the molecule is COC(=O)c1ccccc1NC(=O)c1c(-c2ccco2)noc1C. The number of methoxy groups -OCH3 is 1. The highest BCUT2D eigenvalue weighted by Crippen LogP contribution is 2.27. The molecule has 0 radical (unpaired) electrons. The van der Waals surface area contributed by atoms with E-state index in [-0.39, 0.29) is 11.1 Å². The maximum absolute atomic E-state index is 12.7. The number of ether oxygens (including phenoxy) is 1. The zero-order chi connectivity index (χ0) is 17.1. The summed E-state index contributed by atoms with van der Waals surface area (Å²) in [4.78, 5) is 24.5. The third kappa shape index (κ3) is 2.79. The highest BCUT2D eigenvalue weighted by molar-refractivity contribution is 6.11. The van der Waals surface area contributed by atoms with Gasteiger partial charge >= 0.3 is 5.97 Å². The summed E-state index contributed by atoms with van der Waals surface area (Å²) in [7, 11) is 1.28. The van der Waals surface area contributed by atoms with E-state index >= 15 is 0 Å². The molecule has 122 valence electrons. The van der Waals surface area contributed by atoms with Gasteiger partial charge in [-0.3, -0.25) is 4.79 Å². The second-order valence-corrected chi connectivity index (χ2v) is 4.93. The summed E-state index contributed by atoms with van der Waals surface area (Å²) < 4.78 is 15.1. The number of nitrogens with zero attached hydrogens (tertiary/aromatic N) is 1. The van der Waals surface area contributed by atoms with Crippen LogP contribution in [0.3, 0.4) is 0 Å². The van der Waals surface area contributed by atoms with Crippen LogP contribution < -0.4 is 5.32 Å². The fourth-order valence-corrected chi connectivity index (χ4v) is 2.29. The van der Waals surface area contributed by atoms with Gasteiger partial charge in [-0.05, 0) is 31.2 Å². The van der Waals surface area contributed by atoms with Crippen molar-refractivity contribution in [1.29, 1.82) is 0 Å². The molecule has 1 amide bonds. The molecule has 0 aliphatic rings. The lowest BCUT2D eigenvalue weighted by atomic mass is 10.1. The number of rotatable bonds is 4. The Labute approximate surface area is 137 Å². The number of benzene rings is 1. The Balaban J connectivity index is 1.95. The zero-order valence-corrected chi connectivity index (χ0v) is 13.0. The third-order valence-electron chi connectivity index (χ3n) is 3.42. The molecule has 0 saturated carbocycles. The van der Waals surface area contributed by atoms with Crippen LogP contribution in [0.25, 0.3) is 11.5 Å². The highest BCUT2D eigenvalue weighted by atomic mass is 16.5. The van der Waals surface area contributed by atoms with Gasteiger partial charge in [0.2, 0.25) is 0 Å². The van der Waals surface area contributed by atoms with E-state index in [0.29, 0.717) is 22.9 Å². The van der Waals surface area contributed by atoms with Crippen LogP contribution in [0.15, 0.2) is 51.6 Å². The van der Waals surface area contributed by atoms with Gasteiger partial charge in [0.15, 0.2) is 11.5 Å². The van der Waals surface area contributed by atoms with Gasteiger partial charge in [0.05, 0.1) is 24.6 Å². The molecule has 0 aliphatic carbocycles. The van der Waals surface area contributed by atoms with Crippen LogP contribution >= 0.6 is 0 Å². The molecule has 1 N–H and O–H groups in total. The van der Waals surface area contributed by atoms with Crippen molar-refractivity contribution < 1.29 is 23.3 Å². The van der Waals surface area contributed by atoms with Crippen molar-refractivity contribution in [3.8, 4) is 11.5 Å². The minimum atomic E-state index is -0.542. The number of esters is 1. The summed E-state index contributed by atoms with van der Waals surface area (Å²) in [5, 5.41) is 6.56. The molecule has 0 unspecified atom stereocenters. The maximum atomic E-state index is 12.7. The number of hydrogen-bond acceptors (Lipinski definition) is 6. The van der Waals surface area contributed by atoms with Crippen LogP contribution in [0.2, 0.25) is 0 Å². The fraction of sp³-hybridized carbons (Fsp3) is 0.118. The van der Waals surface area contributed by atoms with Gasteiger partial charge in [-0.1, -0.05) is 17.3 Å². The number of anilines is 1. The van der Waals surface area contributed by atoms with E-state index in [0.717, 1.165) is 0 Å². The standard InChI is InChI=1S/C17H14N2O5/c1-10-14(15(19-24-10)13-8-5-9-23-13)16(20)18-12-7-4-3-6-11(12)17(21)22-2/h3-9H,1-2H3,(H,18,20). The monoisotopic (exact) mass is 326 g/mol. The quantitative estimate of drug-likeness (QED) is 0.739. The minimum Gasteiger partial charge on any atom is -0.465 e. The molecule has 0 bridgehead atoms. The molecular formula is C17H14N2O5. The number of aromatic nitrogens is 1. The number of carbonyl (C=O) groups is 2. The van der Waals surface area contributed by atoms with Gasteiger partial charge in [-0.2, -0.15) is 0 Å². The van der Waals surface area contributed by atoms with Crippen molar-refractivity contribution in [3.05, 3.63) is 59.5 Å². The molecular weight excluding hydrogens is 312 g/mol. The molecule has 0 spiro atoms. The number of nitrogens with one attached hydrogen (secondary N) is 1. The van der Waals surface area contributed by atoms with Crippen LogP contribution in [-0.4, -0.2) is 24.1 Å². The second kappa shape index (κ2) is 6.41. The zero-order valence-electron chi connectivity index (χ0n) is 13.0. The first kappa shape index (κ1) is 15.5. The molecule has 24 heavy (non-hydrogen) atoms. The van der Waals surface area contributed by atoms with Gasteiger partial charge < -0.3 is 19.0 Å². The molecule has 1 aromatic carbocycles. The van der Waals surface area contributed by atoms with Crippen LogP contribution in [0.1, 0.15) is 26.5 Å². The molecule has 3 rings (SSSR count). The van der Waals surface area contributed by atoms with Gasteiger partial charge in [0.1, 0.15) is 11.3 Å². The summed E-state index contributed by atoms with van der Waals surface area (Å²) >= 11 is 0. The molecule has 0 saturated heterocycles. The van der Waals surface area contributed by atoms with Crippen LogP contribution in [0, 0.1) is 6.92 Å². The Morgan fingerprint density at radius 1 is 1.17 bits per heavy atom. The van der Waals surface area contributed by atoms with E-state index < -0.39 is 11.9 Å². The van der Waals surface area contributed by atoms with Gasteiger partial charge in [-0.25, -0.2) is 4.79 Å². The molecule has 3 aromatic rings. The number of hydrogen-bond donors (Lipinski definition) is 1. The van der Waals surface area contributed by atoms with Crippen molar-refractivity contribution in [3.63, 3.8) is 0 Å². The smallest absolute Gasteiger partial charge is 0.339 e. The average molecular weight is 326 g/mol. The topological polar surface area (TPSA) is 94.6 Å². The molecule has 0 fully saturated rings. The lowest BCUT2D eigenvalue weighted by Gasteiger charge is -2.09. The Kier molecular flexibility index (Phi) is 4.15. The van der Waals surface area contributed by atoms with E-state index in [1.54, 1.807) is 43.3 Å². The summed E-state index contributed by atoms with van der Waals surface area (Å²) in [6.07, 6.45) is 1.48. The number of para-hydroxylation sites is 1. The Hall–Kier alpha value is -3.35. The van der Waals surface area contributed by atoms with Crippen LogP contribution in [0.5, 0.6) is 0 Å². The molecule has 7 heteroatoms. The first-order chi connectivity index (χ1) is 11.6. The molecule has 7 nitrogen and oxygen atoms in total. The van der Waals surface area contributed by atoms with E-state index in [1.807, 2.05) is 0 Å². The van der Waals surface area contributed by atoms with Crippen LogP contribution in [-0.2, 0) is 4.74 Å². The summed E-state index contributed by atoms with van der Waals surface area (Å²) in [6.45, 7) is 1.63. The second-order valence-electron chi connectivity index (χ2n) is 4.93. The normalized spacial score (nSPS) is 10.4. The predicted molar refractivity (Wildman–Crippen MR) is 84.7 cm³/mol. The molecule has 0 aliphatic heterocycles. The van der Waals surface area contributed by atoms with E-state index in [2.05, 4.69) is 10.5 Å². The Morgan fingerprint density at radius 2 is 1.96 bits per heavy atom. The summed E-state index contributed by atoms with van der Waals surface area (Å²) in [5.41, 5.74) is 1.12. The van der Waals surface area contributed by atoms with Crippen molar-refractivity contribution in [2.45, 2.75) is 6.92 Å². The van der Waals surface area contributed by atoms with Gasteiger partial charge in [0.25, 0.3) is 5.91 Å². The molecule has 2 aromatic heterocycles. The average Bonchev–Trinajstić information content (AvgIpc) is 3.23. The van der Waals surface area contributed by atoms with E-state index in [9.17, 15) is 9.59 Å². The largest absolute Gasteiger partial charge is 0.465 e. The number of amides is 1. The maximum Gasteiger partial charge on any atom is 0.339 e. The van der Waals surface area contributed by atoms with E-state index in [1.165, 1.54) is 13.4 Å². The van der Waals surface area contributed by atoms with Crippen molar-refractivity contribution in [2.24, 2.45) is 0 Å². The first-order valence-electron chi connectivity index (χ1n) is 7.10. The predicted octanol–water partition coefficient (Wildman–Crippen LogP) is 3.28. The summed E-state index contributed by atoms with van der Waals surface area (Å²) in [5.74, 6) is -0.247. The number of aryl methyl sites for hydroxylation is 1. The lowest BCUT2D eigenvalue weighted by molar-refractivity contribution is 0.0602. The molecule has 0 atom stereocenters. The number of carbonyl (C=O) groups excluding carboxylic acids is 2. The minimum absolute atomic E-state index is 0.240. The molecule has 2 heterocycles. The summed E-state index contributed by atoms with van der Waals surface area (Å²) in [6, 6.07) is 9.93. The van der Waals surface area contributed by atoms with Crippen molar-refractivity contribution >= 4 is 17.6 Å². The van der Waals surface area contributed by atoms with Crippen molar-refractivity contribution in [2.75, 3.05) is 12.4 Å². The highest BCUT2D eigenvalue weighted by Gasteiger charge is 2.24. The third-order valence-corrected chi connectivity index (χ3v) is 3.42. The fourth-order valence-electron chi connectivity index (χ4n) is 2.29. The lowest BCUT2D eigenvalue weighted by Crippen LogP contribution is -2.16. The van der Waals surface area contributed by atoms with E-state index in [4.69, 9.17) is 13.7 Å². The van der Waals surface area contributed by atoms with Crippen molar-refractivity contribution in [1.82, 2.24) is 5.16 Å². The number of furan rings is 1. The van der Waals surface area contributed by atoms with Gasteiger partial charge in [-0.15, -0.1) is 0 Å². The Bertz CT molecular complexity index is 880. The van der Waals surface area contributed by atoms with Crippen LogP contribution in [0.4, 0.5) is 5.69 Å². The Morgan fingerprint density at radius 3 is 2.67 bits per heavy atom.